The molecule has 0 spiro atoms. The Kier molecular flexibility index (Phi) is 4.96. The average Bonchev–Trinajstić information content (AvgIpc) is 2.63. The van der Waals surface area contributed by atoms with E-state index in [1.165, 1.54) is 31.2 Å². The Hall–Kier alpha value is -2.60. The van der Waals surface area contributed by atoms with Gasteiger partial charge in [0, 0.05) is 0 Å². The van der Waals surface area contributed by atoms with Gasteiger partial charge in [0.25, 0.3) is 0 Å². The summed E-state index contributed by atoms with van der Waals surface area (Å²) >= 11 is 0. The molecule has 1 aliphatic carbocycles. The number of hydrogen-bond acceptors (Lipinski definition) is 3. The van der Waals surface area contributed by atoms with Gasteiger partial charge in [0.1, 0.15) is 5.75 Å². The maximum Gasteiger partial charge on any atom is 0.343 e. The third-order valence-corrected chi connectivity index (χ3v) is 4.83. The van der Waals surface area contributed by atoms with Crippen molar-refractivity contribution in [2.75, 3.05) is 0 Å². The predicted molar refractivity (Wildman–Crippen MR) is 92.9 cm³/mol. The largest absolute Gasteiger partial charge is 0.423 e. The molecular formula is C21H21NO2. The third-order valence-electron chi connectivity index (χ3n) is 4.83. The lowest BCUT2D eigenvalue weighted by molar-refractivity contribution is 0.0734. The fourth-order valence-corrected chi connectivity index (χ4v) is 3.25. The Labute approximate surface area is 142 Å². The van der Waals surface area contributed by atoms with Crippen molar-refractivity contribution in [1.29, 1.82) is 5.26 Å². The van der Waals surface area contributed by atoms with Crippen molar-refractivity contribution in [2.24, 2.45) is 5.92 Å². The number of rotatable bonds is 3. The molecule has 0 heterocycles. The quantitative estimate of drug-likeness (QED) is 0.586. The van der Waals surface area contributed by atoms with Gasteiger partial charge in [0.2, 0.25) is 0 Å². The van der Waals surface area contributed by atoms with Gasteiger partial charge in [0.05, 0.1) is 17.2 Å². The molecule has 24 heavy (non-hydrogen) atoms. The van der Waals surface area contributed by atoms with Gasteiger partial charge in [-0.2, -0.15) is 5.26 Å². The van der Waals surface area contributed by atoms with Crippen LogP contribution in [0.3, 0.4) is 0 Å². The van der Waals surface area contributed by atoms with Gasteiger partial charge in [-0.25, -0.2) is 4.79 Å². The lowest BCUT2D eigenvalue weighted by Crippen LogP contribution is -2.11. The zero-order valence-electron chi connectivity index (χ0n) is 13.9. The second-order valence-electron chi connectivity index (χ2n) is 6.60. The molecule has 0 unspecified atom stereocenters. The van der Waals surface area contributed by atoms with Gasteiger partial charge in [-0.15, -0.1) is 0 Å². The van der Waals surface area contributed by atoms with Crippen LogP contribution in [0, 0.1) is 17.2 Å². The molecule has 0 atom stereocenters. The molecule has 1 fully saturated rings. The molecule has 3 nitrogen and oxygen atoms in total. The first kappa shape index (κ1) is 16.3. The number of nitrogens with zero attached hydrogens (tertiary/aromatic N) is 1. The van der Waals surface area contributed by atoms with E-state index in [-0.39, 0.29) is 0 Å². The SMILES string of the molecule is CC1CCC(c2ccc(OC(=O)c3ccc(C#N)cc3)cc2)CC1. The number of nitriles is 1. The Morgan fingerprint density at radius 2 is 1.62 bits per heavy atom. The zero-order chi connectivity index (χ0) is 16.9. The van der Waals surface area contributed by atoms with Gasteiger partial charge in [-0.05, 0) is 66.6 Å². The van der Waals surface area contributed by atoms with Gasteiger partial charge in [0.15, 0.2) is 0 Å². The molecular weight excluding hydrogens is 298 g/mol. The number of esters is 1. The second-order valence-corrected chi connectivity index (χ2v) is 6.60. The third kappa shape index (κ3) is 3.83. The number of hydrogen-bond donors (Lipinski definition) is 0. The van der Waals surface area contributed by atoms with Crippen LogP contribution in [0.2, 0.25) is 0 Å². The van der Waals surface area contributed by atoms with Crippen LogP contribution >= 0.6 is 0 Å². The summed E-state index contributed by atoms with van der Waals surface area (Å²) in [4.78, 5) is 12.1. The molecule has 0 radical (unpaired) electrons. The highest BCUT2D eigenvalue weighted by Crippen LogP contribution is 2.35. The van der Waals surface area contributed by atoms with Crippen molar-refractivity contribution in [3.05, 3.63) is 65.2 Å². The van der Waals surface area contributed by atoms with Crippen LogP contribution in [0.5, 0.6) is 5.75 Å². The normalized spacial score (nSPS) is 20.2. The van der Waals surface area contributed by atoms with E-state index in [0.717, 1.165) is 5.92 Å². The lowest BCUT2D eigenvalue weighted by atomic mass is 9.79. The maximum absolute atomic E-state index is 12.1. The van der Waals surface area contributed by atoms with E-state index in [1.807, 2.05) is 18.2 Å². The number of benzene rings is 2. The molecule has 0 saturated heterocycles. The van der Waals surface area contributed by atoms with Crippen molar-refractivity contribution in [3.63, 3.8) is 0 Å². The van der Waals surface area contributed by atoms with E-state index < -0.39 is 5.97 Å². The summed E-state index contributed by atoms with van der Waals surface area (Å²) in [5.41, 5.74) is 2.30. The standard InChI is InChI=1S/C21H21NO2/c1-15-2-6-17(7-3-15)18-10-12-20(13-11-18)24-21(23)19-8-4-16(14-22)5-9-19/h4-5,8-13,15,17H,2-3,6-7H2,1H3. The summed E-state index contributed by atoms with van der Waals surface area (Å²) in [6.45, 7) is 2.32. The van der Waals surface area contributed by atoms with Crippen molar-refractivity contribution in [2.45, 2.75) is 38.5 Å². The summed E-state index contributed by atoms with van der Waals surface area (Å²) in [6.07, 6.45) is 5.07. The number of carbonyl (C=O) groups is 1. The topological polar surface area (TPSA) is 50.1 Å². The minimum atomic E-state index is -0.404. The first-order chi connectivity index (χ1) is 11.7. The Balaban J connectivity index is 1.63. The molecule has 0 amide bonds. The van der Waals surface area contributed by atoms with Crippen molar-refractivity contribution < 1.29 is 9.53 Å². The Bertz CT molecular complexity index is 733. The van der Waals surface area contributed by atoms with Crippen LogP contribution < -0.4 is 4.74 Å². The van der Waals surface area contributed by atoms with Gasteiger partial charge in [-0.1, -0.05) is 31.9 Å². The molecule has 3 heteroatoms. The van der Waals surface area contributed by atoms with Gasteiger partial charge >= 0.3 is 5.97 Å². The molecule has 0 bridgehead atoms. The van der Waals surface area contributed by atoms with E-state index in [1.54, 1.807) is 24.3 Å². The first-order valence-electron chi connectivity index (χ1n) is 8.48. The summed E-state index contributed by atoms with van der Waals surface area (Å²) in [5.74, 6) is 1.62. The number of carbonyl (C=O) groups excluding carboxylic acids is 1. The van der Waals surface area contributed by atoms with E-state index in [9.17, 15) is 4.79 Å². The van der Waals surface area contributed by atoms with Gasteiger partial charge in [-0.3, -0.25) is 0 Å². The molecule has 2 aromatic rings. The summed E-state index contributed by atoms with van der Waals surface area (Å²) < 4.78 is 5.41. The molecule has 0 aliphatic heterocycles. The van der Waals surface area contributed by atoms with Crippen LogP contribution in [-0.4, -0.2) is 5.97 Å². The summed E-state index contributed by atoms with van der Waals surface area (Å²) in [7, 11) is 0. The molecule has 2 aromatic carbocycles. The molecule has 0 N–H and O–H groups in total. The van der Waals surface area contributed by atoms with Crippen LogP contribution in [-0.2, 0) is 0 Å². The first-order valence-corrected chi connectivity index (χ1v) is 8.48. The van der Waals surface area contributed by atoms with Crippen LogP contribution in [0.15, 0.2) is 48.5 Å². The zero-order valence-corrected chi connectivity index (χ0v) is 13.9. The van der Waals surface area contributed by atoms with Crippen molar-refractivity contribution in [1.82, 2.24) is 0 Å². The van der Waals surface area contributed by atoms with E-state index in [4.69, 9.17) is 10.00 Å². The lowest BCUT2D eigenvalue weighted by Gasteiger charge is -2.26. The molecule has 1 saturated carbocycles. The minimum absolute atomic E-state index is 0.404. The molecule has 3 rings (SSSR count). The second kappa shape index (κ2) is 7.31. The number of ether oxygens (including phenoxy) is 1. The average molecular weight is 319 g/mol. The highest BCUT2D eigenvalue weighted by atomic mass is 16.5. The summed E-state index contributed by atoms with van der Waals surface area (Å²) in [6, 6.07) is 16.4. The molecule has 0 aromatic heterocycles. The van der Waals surface area contributed by atoms with Crippen LogP contribution in [0.1, 0.15) is 60.0 Å². The molecule has 122 valence electrons. The fraction of sp³-hybridized carbons (Fsp3) is 0.333. The van der Waals surface area contributed by atoms with E-state index in [0.29, 0.717) is 22.8 Å². The highest BCUT2D eigenvalue weighted by Gasteiger charge is 2.19. The van der Waals surface area contributed by atoms with Crippen LogP contribution in [0.25, 0.3) is 0 Å². The van der Waals surface area contributed by atoms with Crippen molar-refractivity contribution >= 4 is 5.97 Å². The van der Waals surface area contributed by atoms with Crippen LogP contribution in [0.4, 0.5) is 0 Å². The minimum Gasteiger partial charge on any atom is -0.423 e. The van der Waals surface area contributed by atoms with E-state index >= 15 is 0 Å². The Morgan fingerprint density at radius 3 is 2.21 bits per heavy atom. The Morgan fingerprint density at radius 1 is 1.00 bits per heavy atom. The maximum atomic E-state index is 12.1. The highest BCUT2D eigenvalue weighted by molar-refractivity contribution is 5.91. The fourth-order valence-electron chi connectivity index (χ4n) is 3.25. The molecule has 1 aliphatic rings. The van der Waals surface area contributed by atoms with Crippen molar-refractivity contribution in [3.8, 4) is 11.8 Å². The smallest absolute Gasteiger partial charge is 0.343 e. The van der Waals surface area contributed by atoms with Gasteiger partial charge < -0.3 is 4.74 Å². The monoisotopic (exact) mass is 319 g/mol. The predicted octanol–water partition coefficient (Wildman–Crippen LogP) is 5.07. The van der Waals surface area contributed by atoms with E-state index in [2.05, 4.69) is 19.1 Å². The summed E-state index contributed by atoms with van der Waals surface area (Å²) in [5, 5.41) is 8.78.